The first-order valence-electron chi connectivity index (χ1n) is 6.95. The molecule has 4 nitrogen and oxygen atoms in total. The van der Waals surface area contributed by atoms with Crippen molar-refractivity contribution in [2.45, 2.75) is 24.5 Å². The Kier molecular flexibility index (Phi) is 3.90. The molecule has 3 rings (SSSR count). The molecule has 0 heterocycles. The van der Waals surface area contributed by atoms with E-state index in [2.05, 4.69) is 15.9 Å². The van der Waals surface area contributed by atoms with E-state index in [4.69, 9.17) is 4.74 Å². The second-order valence-corrected chi connectivity index (χ2v) is 6.50. The molecule has 0 unspecified atom stereocenters. The zero-order valence-electron chi connectivity index (χ0n) is 11.6. The summed E-state index contributed by atoms with van der Waals surface area (Å²) in [5, 5.41) is 20.5. The van der Waals surface area contributed by atoms with Gasteiger partial charge in [0, 0.05) is 21.9 Å². The average molecular weight is 353 g/mol. The number of halogens is 1. The van der Waals surface area contributed by atoms with Gasteiger partial charge in [0.25, 0.3) is 0 Å². The maximum Gasteiger partial charge on any atom is 0.333 e. The van der Waals surface area contributed by atoms with Crippen LogP contribution >= 0.6 is 15.9 Å². The maximum absolute atomic E-state index is 12.0. The van der Waals surface area contributed by atoms with Gasteiger partial charge in [-0.3, -0.25) is 0 Å². The molecule has 1 fully saturated rings. The monoisotopic (exact) mass is 352 g/mol. The van der Waals surface area contributed by atoms with E-state index in [1.165, 1.54) is 7.11 Å². The number of aliphatic hydroxyl groups excluding tert-OH is 2. The summed E-state index contributed by atoms with van der Waals surface area (Å²) in [6.45, 7) is 0. The maximum atomic E-state index is 12.0. The average Bonchev–Trinajstić information content (AvgIpc) is 2.74. The van der Waals surface area contributed by atoms with Crippen molar-refractivity contribution in [1.82, 2.24) is 0 Å². The van der Waals surface area contributed by atoms with E-state index in [0.29, 0.717) is 12.0 Å². The number of hydrogen-bond acceptors (Lipinski definition) is 4. The van der Waals surface area contributed by atoms with E-state index in [0.717, 1.165) is 10.0 Å². The van der Waals surface area contributed by atoms with Crippen molar-refractivity contribution in [2.75, 3.05) is 7.11 Å². The smallest absolute Gasteiger partial charge is 0.333 e. The van der Waals surface area contributed by atoms with E-state index in [1.807, 2.05) is 30.3 Å². The number of fused-ring (bicyclic) bond motifs is 2. The quantitative estimate of drug-likeness (QED) is 0.799. The molecule has 112 valence electrons. The minimum atomic E-state index is -0.909. The van der Waals surface area contributed by atoms with Crippen LogP contribution in [0.5, 0.6) is 0 Å². The number of carbonyl (C=O) groups excluding carboxylic acids is 1. The molecule has 2 aliphatic carbocycles. The van der Waals surface area contributed by atoms with Gasteiger partial charge in [-0.25, -0.2) is 4.79 Å². The number of benzene rings is 1. The summed E-state index contributed by atoms with van der Waals surface area (Å²) in [4.78, 5) is 12.0. The molecule has 0 aromatic heterocycles. The third kappa shape index (κ3) is 2.33. The minimum Gasteiger partial charge on any atom is -0.466 e. The Morgan fingerprint density at radius 2 is 2.00 bits per heavy atom. The van der Waals surface area contributed by atoms with Gasteiger partial charge in [0.05, 0.1) is 19.3 Å². The summed E-state index contributed by atoms with van der Waals surface area (Å²) < 4.78 is 5.76. The predicted molar refractivity (Wildman–Crippen MR) is 80.6 cm³/mol. The van der Waals surface area contributed by atoms with Gasteiger partial charge in [-0.1, -0.05) is 40.2 Å². The number of esters is 1. The van der Waals surface area contributed by atoms with Crippen LogP contribution in [0.25, 0.3) is 0 Å². The van der Waals surface area contributed by atoms with Crippen molar-refractivity contribution < 1.29 is 19.7 Å². The molecule has 2 bridgehead atoms. The van der Waals surface area contributed by atoms with Gasteiger partial charge < -0.3 is 14.9 Å². The lowest BCUT2D eigenvalue weighted by Gasteiger charge is -2.28. The molecule has 0 aliphatic heterocycles. The molecule has 1 aromatic rings. The Hall–Kier alpha value is -1.17. The van der Waals surface area contributed by atoms with E-state index in [9.17, 15) is 15.0 Å². The lowest BCUT2D eigenvalue weighted by molar-refractivity contribution is -0.137. The summed E-state index contributed by atoms with van der Waals surface area (Å²) in [6, 6.07) is 7.75. The van der Waals surface area contributed by atoms with E-state index in [1.54, 1.807) is 0 Å². The molecule has 1 aromatic carbocycles. The Labute approximate surface area is 131 Å². The van der Waals surface area contributed by atoms with Gasteiger partial charge in [-0.15, -0.1) is 0 Å². The van der Waals surface area contributed by atoms with Crippen molar-refractivity contribution >= 4 is 21.9 Å². The van der Waals surface area contributed by atoms with Gasteiger partial charge in [0.2, 0.25) is 0 Å². The van der Waals surface area contributed by atoms with Crippen LogP contribution in [0, 0.1) is 11.8 Å². The standard InChI is InChI=1S/C16H17BrO4/c1-21-16(20)12-6-9(8-4-2-3-5-13(8)17)10-7-11(12)15(19)14(10)18/h2-6,9-11,14-15,18-19H,7H2,1H3/t9-,10-,11+,14-,15+/m1/s1. The van der Waals surface area contributed by atoms with Crippen molar-refractivity contribution in [3.05, 3.63) is 46.0 Å². The number of methoxy groups -OCH3 is 1. The summed E-state index contributed by atoms with van der Waals surface area (Å²) in [7, 11) is 1.33. The van der Waals surface area contributed by atoms with Crippen LogP contribution in [0.1, 0.15) is 17.9 Å². The Balaban J connectivity index is 2.07. The fourth-order valence-corrected chi connectivity index (χ4v) is 4.13. The molecular weight excluding hydrogens is 336 g/mol. The normalized spacial score (nSPS) is 34.5. The molecular formula is C16H17BrO4. The van der Waals surface area contributed by atoms with Crippen molar-refractivity contribution in [1.29, 1.82) is 0 Å². The first-order chi connectivity index (χ1) is 10.0. The van der Waals surface area contributed by atoms with Gasteiger partial charge in [-0.2, -0.15) is 0 Å². The van der Waals surface area contributed by atoms with Crippen LogP contribution in [-0.4, -0.2) is 35.5 Å². The second-order valence-electron chi connectivity index (χ2n) is 5.65. The zero-order chi connectivity index (χ0) is 15.1. The van der Waals surface area contributed by atoms with Gasteiger partial charge >= 0.3 is 5.97 Å². The lowest BCUT2D eigenvalue weighted by atomic mass is 9.77. The molecule has 2 N–H and O–H groups in total. The van der Waals surface area contributed by atoms with Crippen LogP contribution in [0.4, 0.5) is 0 Å². The number of allylic oxidation sites excluding steroid dienone is 1. The van der Waals surface area contributed by atoms with Crippen LogP contribution < -0.4 is 0 Å². The number of aliphatic hydroxyl groups is 2. The summed E-state index contributed by atoms with van der Waals surface area (Å²) in [5.74, 6) is -0.963. The van der Waals surface area contributed by atoms with E-state index < -0.39 is 18.2 Å². The van der Waals surface area contributed by atoms with Crippen LogP contribution in [0.15, 0.2) is 40.4 Å². The topological polar surface area (TPSA) is 66.8 Å². The molecule has 21 heavy (non-hydrogen) atoms. The molecule has 0 saturated heterocycles. The Morgan fingerprint density at radius 3 is 2.67 bits per heavy atom. The van der Waals surface area contributed by atoms with Crippen molar-refractivity contribution in [2.24, 2.45) is 11.8 Å². The third-order valence-electron chi connectivity index (χ3n) is 4.63. The zero-order valence-corrected chi connectivity index (χ0v) is 13.2. The van der Waals surface area contributed by atoms with Crippen molar-refractivity contribution in [3.63, 3.8) is 0 Å². The fourth-order valence-electron chi connectivity index (χ4n) is 3.58. The summed E-state index contributed by atoms with van der Waals surface area (Å²) in [5.41, 5.74) is 1.48. The largest absolute Gasteiger partial charge is 0.466 e. The fraction of sp³-hybridized carbons (Fsp3) is 0.438. The predicted octanol–water partition coefficient (Wildman–Crippen LogP) is 2.00. The number of hydrogen-bond donors (Lipinski definition) is 2. The first kappa shape index (κ1) is 14.8. The molecule has 5 heteroatoms. The first-order valence-corrected chi connectivity index (χ1v) is 7.74. The van der Waals surface area contributed by atoms with Crippen LogP contribution in [0.3, 0.4) is 0 Å². The van der Waals surface area contributed by atoms with E-state index >= 15 is 0 Å². The molecule has 0 radical (unpaired) electrons. The summed E-state index contributed by atoms with van der Waals surface area (Å²) >= 11 is 3.52. The molecule has 2 aliphatic rings. The molecule has 5 atom stereocenters. The molecule has 0 spiro atoms. The summed E-state index contributed by atoms with van der Waals surface area (Å²) in [6.07, 6.45) is 0.706. The Morgan fingerprint density at radius 1 is 1.29 bits per heavy atom. The highest BCUT2D eigenvalue weighted by atomic mass is 79.9. The van der Waals surface area contributed by atoms with Gasteiger partial charge in [-0.05, 0) is 24.0 Å². The van der Waals surface area contributed by atoms with Crippen LogP contribution in [-0.2, 0) is 9.53 Å². The molecule has 0 amide bonds. The number of ether oxygens (including phenoxy) is 1. The van der Waals surface area contributed by atoms with Crippen LogP contribution in [0.2, 0.25) is 0 Å². The van der Waals surface area contributed by atoms with E-state index in [-0.39, 0.29) is 17.8 Å². The third-order valence-corrected chi connectivity index (χ3v) is 5.35. The highest BCUT2D eigenvalue weighted by Crippen LogP contribution is 2.50. The SMILES string of the molecule is COC(=O)C1=C[C@H](c2ccccc2Br)[C@H]2C[C@@H]1[C@H](O)[C@@H]2O. The molecule has 1 saturated carbocycles. The second kappa shape index (κ2) is 5.55. The van der Waals surface area contributed by atoms with Crippen molar-refractivity contribution in [3.8, 4) is 0 Å². The minimum absolute atomic E-state index is 0.0860. The highest BCUT2D eigenvalue weighted by Gasteiger charge is 2.51. The van der Waals surface area contributed by atoms with Gasteiger partial charge in [0.15, 0.2) is 0 Å². The Bertz CT molecular complexity index is 598. The van der Waals surface area contributed by atoms with Gasteiger partial charge in [0.1, 0.15) is 0 Å². The lowest BCUT2D eigenvalue weighted by Crippen LogP contribution is -2.29. The number of rotatable bonds is 2. The number of carbonyl (C=O) groups is 1. The highest BCUT2D eigenvalue weighted by molar-refractivity contribution is 9.10.